The van der Waals surface area contributed by atoms with Gasteiger partial charge < -0.3 is 15.0 Å². The van der Waals surface area contributed by atoms with Gasteiger partial charge in [0.2, 0.25) is 5.91 Å². The van der Waals surface area contributed by atoms with Gasteiger partial charge in [-0.15, -0.1) is 0 Å². The molecular weight excluding hydrogens is 388 g/mol. The van der Waals surface area contributed by atoms with Gasteiger partial charge in [0.1, 0.15) is 5.75 Å². The van der Waals surface area contributed by atoms with E-state index in [1.165, 1.54) is 0 Å². The molecule has 1 aliphatic rings. The van der Waals surface area contributed by atoms with E-state index in [-0.39, 0.29) is 18.4 Å². The van der Waals surface area contributed by atoms with Crippen LogP contribution in [-0.2, 0) is 16.1 Å². The minimum atomic E-state index is -0.600. The third kappa shape index (κ3) is 5.51. The maximum atomic E-state index is 12.9. The summed E-state index contributed by atoms with van der Waals surface area (Å²) in [5.74, 6) is 0.466. The van der Waals surface area contributed by atoms with Crippen LogP contribution in [0.5, 0.6) is 5.75 Å². The topological polar surface area (TPSA) is 58.6 Å². The molecule has 0 unspecified atom stereocenters. The van der Waals surface area contributed by atoms with Crippen molar-refractivity contribution in [2.45, 2.75) is 33.2 Å². The van der Waals surface area contributed by atoms with Crippen LogP contribution in [0.25, 0.3) is 0 Å². The van der Waals surface area contributed by atoms with E-state index in [1.807, 2.05) is 38.1 Å². The molecule has 1 atom stereocenters. The van der Waals surface area contributed by atoms with Crippen molar-refractivity contribution >= 4 is 23.4 Å². The van der Waals surface area contributed by atoms with Crippen LogP contribution in [-0.4, -0.2) is 36.4 Å². The van der Waals surface area contributed by atoms with Crippen LogP contribution in [0.15, 0.2) is 48.5 Å². The second-order valence-electron chi connectivity index (χ2n) is 7.83. The number of nitrogens with zero attached hydrogens (tertiary/aromatic N) is 1. The van der Waals surface area contributed by atoms with Crippen LogP contribution in [0.3, 0.4) is 0 Å². The molecule has 1 heterocycles. The van der Waals surface area contributed by atoms with Gasteiger partial charge in [0, 0.05) is 24.7 Å². The normalized spacial score (nSPS) is 18.9. The van der Waals surface area contributed by atoms with Crippen LogP contribution >= 0.6 is 11.6 Å². The zero-order valence-corrected chi connectivity index (χ0v) is 17.7. The highest BCUT2D eigenvalue weighted by Gasteiger charge is 2.39. The van der Waals surface area contributed by atoms with Gasteiger partial charge in [0.15, 0.2) is 6.61 Å². The monoisotopic (exact) mass is 414 g/mol. The third-order valence-corrected chi connectivity index (χ3v) is 5.73. The summed E-state index contributed by atoms with van der Waals surface area (Å²) in [7, 11) is 0. The summed E-state index contributed by atoms with van der Waals surface area (Å²) >= 11 is 5.86. The lowest BCUT2D eigenvalue weighted by Crippen LogP contribution is -2.52. The zero-order chi connectivity index (χ0) is 20.9. The fourth-order valence-electron chi connectivity index (χ4n) is 3.60. The molecule has 1 saturated heterocycles. The Labute approximate surface area is 177 Å². The number of ether oxygens (including phenoxy) is 1. The molecule has 0 radical (unpaired) electrons. The summed E-state index contributed by atoms with van der Waals surface area (Å²) in [5, 5.41) is 3.67. The number of carbonyl (C=O) groups excluding carboxylic acids is 2. The summed E-state index contributed by atoms with van der Waals surface area (Å²) in [4.78, 5) is 27.2. The lowest BCUT2D eigenvalue weighted by Gasteiger charge is -2.39. The van der Waals surface area contributed by atoms with E-state index in [4.69, 9.17) is 16.3 Å². The van der Waals surface area contributed by atoms with Crippen molar-refractivity contribution < 1.29 is 14.3 Å². The summed E-state index contributed by atoms with van der Waals surface area (Å²) < 4.78 is 5.57. The average Bonchev–Trinajstić information content (AvgIpc) is 2.72. The molecule has 0 saturated carbocycles. The summed E-state index contributed by atoms with van der Waals surface area (Å²) in [6.45, 7) is 5.45. The lowest BCUT2D eigenvalue weighted by atomic mass is 9.81. The van der Waals surface area contributed by atoms with Crippen molar-refractivity contribution in [3.8, 4) is 5.75 Å². The van der Waals surface area contributed by atoms with E-state index < -0.39 is 5.41 Å². The van der Waals surface area contributed by atoms with Gasteiger partial charge in [-0.25, -0.2) is 0 Å². The molecule has 1 N–H and O–H groups in total. The molecule has 0 aromatic heterocycles. The second-order valence-corrected chi connectivity index (χ2v) is 8.27. The molecule has 29 heavy (non-hydrogen) atoms. The van der Waals surface area contributed by atoms with Crippen molar-refractivity contribution in [3.05, 3.63) is 64.7 Å². The molecule has 3 rings (SSSR count). The van der Waals surface area contributed by atoms with Crippen molar-refractivity contribution in [2.75, 3.05) is 19.7 Å². The van der Waals surface area contributed by atoms with Crippen molar-refractivity contribution in [3.63, 3.8) is 0 Å². The smallest absolute Gasteiger partial charge is 0.260 e. The first kappa shape index (κ1) is 21.2. The maximum Gasteiger partial charge on any atom is 0.260 e. The van der Waals surface area contributed by atoms with Crippen molar-refractivity contribution in [1.29, 1.82) is 0 Å². The van der Waals surface area contributed by atoms with Gasteiger partial charge in [-0.05, 0) is 62.1 Å². The molecule has 0 aliphatic carbocycles. The quantitative estimate of drug-likeness (QED) is 0.778. The highest BCUT2D eigenvalue weighted by molar-refractivity contribution is 6.30. The third-order valence-electron chi connectivity index (χ3n) is 5.47. The number of rotatable bonds is 6. The Morgan fingerprint density at radius 2 is 1.90 bits per heavy atom. The number of aryl methyl sites for hydroxylation is 1. The Kier molecular flexibility index (Phi) is 6.80. The minimum Gasteiger partial charge on any atom is -0.484 e. The molecule has 2 aromatic rings. The zero-order valence-electron chi connectivity index (χ0n) is 16.9. The Hall–Kier alpha value is -2.53. The van der Waals surface area contributed by atoms with Crippen LogP contribution in [0, 0.1) is 12.3 Å². The number of likely N-dealkylation sites (tertiary alicyclic amines) is 1. The molecule has 6 heteroatoms. The predicted molar refractivity (Wildman–Crippen MR) is 114 cm³/mol. The SMILES string of the molecule is Cc1ccccc1CNC(=O)[C@]1(C)CCCN(C(=O)COc2ccc(Cl)cc2)C1. The minimum absolute atomic E-state index is 0.0168. The standard InChI is InChI=1S/C23H27ClN2O3/c1-17-6-3-4-7-18(17)14-25-22(28)23(2)12-5-13-26(16-23)21(27)15-29-20-10-8-19(24)9-11-20/h3-4,6-11H,5,12-16H2,1-2H3,(H,25,28)/t23-/m1/s1. The van der Waals surface area contributed by atoms with E-state index in [1.54, 1.807) is 29.2 Å². The number of hydrogen-bond donors (Lipinski definition) is 1. The number of benzene rings is 2. The van der Waals surface area contributed by atoms with Gasteiger partial charge in [-0.1, -0.05) is 35.9 Å². The number of amides is 2. The summed E-state index contributed by atoms with van der Waals surface area (Å²) in [6.07, 6.45) is 1.55. The Bertz CT molecular complexity index is 869. The van der Waals surface area contributed by atoms with E-state index in [0.717, 1.165) is 24.0 Å². The Morgan fingerprint density at radius 3 is 2.62 bits per heavy atom. The molecule has 5 nitrogen and oxygen atoms in total. The number of hydrogen-bond acceptors (Lipinski definition) is 3. The number of nitrogens with one attached hydrogen (secondary N) is 1. The van der Waals surface area contributed by atoms with E-state index >= 15 is 0 Å². The highest BCUT2D eigenvalue weighted by atomic mass is 35.5. The predicted octanol–water partition coefficient (Wildman–Crippen LogP) is 3.97. The fraction of sp³-hybridized carbons (Fsp3) is 0.391. The molecule has 1 fully saturated rings. The molecule has 0 bridgehead atoms. The van der Waals surface area contributed by atoms with E-state index in [2.05, 4.69) is 5.32 Å². The molecule has 0 spiro atoms. The molecule has 2 amide bonds. The van der Waals surface area contributed by atoms with Gasteiger partial charge in [0.05, 0.1) is 5.41 Å². The van der Waals surface area contributed by atoms with Gasteiger partial charge in [-0.2, -0.15) is 0 Å². The molecule has 154 valence electrons. The van der Waals surface area contributed by atoms with E-state index in [0.29, 0.717) is 30.4 Å². The second kappa shape index (κ2) is 9.31. The van der Waals surface area contributed by atoms with Gasteiger partial charge in [0.25, 0.3) is 5.91 Å². The maximum absolute atomic E-state index is 12.9. The average molecular weight is 415 g/mol. The van der Waals surface area contributed by atoms with Gasteiger partial charge in [-0.3, -0.25) is 9.59 Å². The van der Waals surface area contributed by atoms with Gasteiger partial charge >= 0.3 is 0 Å². The molecule has 1 aliphatic heterocycles. The fourth-order valence-corrected chi connectivity index (χ4v) is 3.73. The van der Waals surface area contributed by atoms with Crippen molar-refractivity contribution in [2.24, 2.45) is 5.41 Å². The summed E-state index contributed by atoms with van der Waals surface area (Å²) in [5.41, 5.74) is 1.65. The lowest BCUT2D eigenvalue weighted by molar-refractivity contribution is -0.142. The first-order valence-corrected chi connectivity index (χ1v) is 10.2. The van der Waals surface area contributed by atoms with Crippen LogP contribution in [0.2, 0.25) is 5.02 Å². The highest BCUT2D eigenvalue weighted by Crippen LogP contribution is 2.30. The number of halogens is 1. The Morgan fingerprint density at radius 1 is 1.17 bits per heavy atom. The van der Waals surface area contributed by atoms with Crippen LogP contribution in [0.1, 0.15) is 30.9 Å². The number of carbonyl (C=O) groups is 2. The summed E-state index contributed by atoms with van der Waals surface area (Å²) in [6, 6.07) is 14.9. The van der Waals surface area contributed by atoms with Crippen LogP contribution < -0.4 is 10.1 Å². The Balaban J connectivity index is 1.54. The molecule has 2 aromatic carbocycles. The van der Waals surface area contributed by atoms with Crippen LogP contribution in [0.4, 0.5) is 0 Å². The van der Waals surface area contributed by atoms with E-state index in [9.17, 15) is 9.59 Å². The largest absolute Gasteiger partial charge is 0.484 e. The van der Waals surface area contributed by atoms with Crippen molar-refractivity contribution in [1.82, 2.24) is 10.2 Å². The number of piperidine rings is 1. The first-order chi connectivity index (χ1) is 13.9. The first-order valence-electron chi connectivity index (χ1n) is 9.86. The molecular formula is C23H27ClN2O3.